The second-order valence-electron chi connectivity index (χ2n) is 5.71. The van der Waals surface area contributed by atoms with Gasteiger partial charge in [-0.1, -0.05) is 30.3 Å². The van der Waals surface area contributed by atoms with Gasteiger partial charge >= 0.3 is 0 Å². The topological polar surface area (TPSA) is 45.6 Å². The lowest BCUT2D eigenvalue weighted by molar-refractivity contribution is 0.333. The highest BCUT2D eigenvalue weighted by molar-refractivity contribution is 5.85. The van der Waals surface area contributed by atoms with Crippen molar-refractivity contribution in [3.05, 3.63) is 65.9 Å². The van der Waals surface area contributed by atoms with E-state index in [-0.39, 0.29) is 11.8 Å². The van der Waals surface area contributed by atoms with Crippen LogP contribution in [0.1, 0.15) is 17.2 Å². The van der Waals surface area contributed by atoms with Crippen LogP contribution < -0.4 is 4.74 Å². The van der Waals surface area contributed by atoms with E-state index in [0.717, 1.165) is 27.8 Å². The van der Waals surface area contributed by atoms with E-state index in [1.54, 1.807) is 7.11 Å². The summed E-state index contributed by atoms with van der Waals surface area (Å²) in [6, 6.07) is 15.7. The molecule has 1 unspecified atom stereocenters. The Hall–Kier alpha value is -2.59. The number of hydrogen-bond acceptors (Lipinski definition) is 4. The van der Waals surface area contributed by atoms with E-state index in [1.165, 1.54) is 6.20 Å². The zero-order chi connectivity index (χ0) is 16.4. The number of para-hydroxylation sites is 1. The van der Waals surface area contributed by atoms with Crippen molar-refractivity contribution >= 4 is 10.9 Å². The van der Waals surface area contributed by atoms with Gasteiger partial charge in [0.15, 0.2) is 0 Å². The maximum absolute atomic E-state index is 10.5. The molecule has 3 rings (SSSR count). The number of rotatable bonds is 4. The number of benzene rings is 2. The number of pyridine rings is 1. The number of methoxy groups -OCH3 is 1. The number of ether oxygens (including phenoxy) is 1. The van der Waals surface area contributed by atoms with Crippen molar-refractivity contribution in [2.75, 3.05) is 21.2 Å². The Labute approximate surface area is 136 Å². The molecule has 0 saturated carbocycles. The lowest BCUT2D eigenvalue weighted by Gasteiger charge is -2.27. The van der Waals surface area contributed by atoms with E-state index in [1.807, 2.05) is 62.6 Å². The van der Waals surface area contributed by atoms with Crippen molar-refractivity contribution in [2.45, 2.75) is 6.04 Å². The first kappa shape index (κ1) is 15.3. The highest BCUT2D eigenvalue weighted by atomic mass is 16.5. The van der Waals surface area contributed by atoms with Crippen LogP contribution in [0, 0.1) is 0 Å². The first-order chi connectivity index (χ1) is 11.1. The minimum Gasteiger partial charge on any atom is -0.506 e. The SMILES string of the molecule is COc1ccc(C(c2c(O)cnc3ccccc23)N(C)C)cc1. The largest absolute Gasteiger partial charge is 0.506 e. The molecule has 0 saturated heterocycles. The van der Waals surface area contributed by atoms with Crippen LogP contribution in [0.15, 0.2) is 54.7 Å². The van der Waals surface area contributed by atoms with E-state index < -0.39 is 0 Å². The standard InChI is InChI=1S/C19H20N2O2/c1-21(2)19(13-8-10-14(23-3)11-9-13)18-15-6-4-5-7-16(15)20-12-17(18)22/h4-12,19,22H,1-3H3. The third-order valence-electron chi connectivity index (χ3n) is 4.02. The van der Waals surface area contributed by atoms with Crippen LogP contribution in [0.5, 0.6) is 11.5 Å². The van der Waals surface area contributed by atoms with Crippen LogP contribution in [0.4, 0.5) is 0 Å². The fourth-order valence-corrected chi connectivity index (χ4v) is 2.95. The Kier molecular flexibility index (Phi) is 4.17. The molecule has 1 N–H and O–H groups in total. The molecule has 0 bridgehead atoms. The minimum atomic E-state index is -0.0752. The van der Waals surface area contributed by atoms with E-state index in [9.17, 15) is 5.11 Å². The van der Waals surface area contributed by atoms with Gasteiger partial charge in [-0.05, 0) is 37.9 Å². The van der Waals surface area contributed by atoms with Gasteiger partial charge in [-0.2, -0.15) is 0 Å². The molecule has 3 aromatic rings. The maximum Gasteiger partial charge on any atom is 0.139 e. The van der Waals surface area contributed by atoms with Gasteiger partial charge in [0, 0.05) is 10.9 Å². The van der Waals surface area contributed by atoms with Gasteiger partial charge in [-0.15, -0.1) is 0 Å². The summed E-state index contributed by atoms with van der Waals surface area (Å²) < 4.78 is 5.24. The number of nitrogens with zero attached hydrogens (tertiary/aromatic N) is 2. The average Bonchev–Trinajstić information content (AvgIpc) is 2.57. The zero-order valence-corrected chi connectivity index (χ0v) is 13.5. The monoisotopic (exact) mass is 308 g/mol. The van der Waals surface area contributed by atoms with Crippen molar-refractivity contribution in [1.29, 1.82) is 0 Å². The highest BCUT2D eigenvalue weighted by Crippen LogP contribution is 2.37. The molecule has 0 amide bonds. The quantitative estimate of drug-likeness (QED) is 0.800. The molecular weight excluding hydrogens is 288 g/mol. The molecule has 4 heteroatoms. The number of aromatic hydroxyl groups is 1. The molecule has 2 aromatic carbocycles. The minimum absolute atomic E-state index is 0.0752. The summed E-state index contributed by atoms with van der Waals surface area (Å²) in [6.45, 7) is 0. The second kappa shape index (κ2) is 6.26. The Morgan fingerprint density at radius 1 is 1.04 bits per heavy atom. The van der Waals surface area contributed by atoms with E-state index in [0.29, 0.717) is 0 Å². The Morgan fingerprint density at radius 3 is 2.39 bits per heavy atom. The number of aromatic nitrogens is 1. The first-order valence-electron chi connectivity index (χ1n) is 7.49. The Balaban J connectivity index is 2.20. The third kappa shape index (κ3) is 2.85. The molecule has 1 atom stereocenters. The molecule has 1 aromatic heterocycles. The number of fused-ring (bicyclic) bond motifs is 1. The molecule has 0 spiro atoms. The van der Waals surface area contributed by atoms with Crippen LogP contribution in [0.3, 0.4) is 0 Å². The Morgan fingerprint density at radius 2 is 1.74 bits per heavy atom. The molecule has 0 radical (unpaired) electrons. The van der Waals surface area contributed by atoms with E-state index in [4.69, 9.17) is 4.74 Å². The van der Waals surface area contributed by atoms with Crippen molar-refractivity contribution in [2.24, 2.45) is 0 Å². The number of hydrogen-bond donors (Lipinski definition) is 1. The van der Waals surface area contributed by atoms with Gasteiger partial charge in [0.05, 0.1) is 24.9 Å². The summed E-state index contributed by atoms with van der Waals surface area (Å²) in [4.78, 5) is 6.40. The summed E-state index contributed by atoms with van der Waals surface area (Å²) in [5, 5.41) is 11.4. The fraction of sp³-hybridized carbons (Fsp3) is 0.211. The summed E-state index contributed by atoms with van der Waals surface area (Å²) in [7, 11) is 5.66. The normalized spacial score (nSPS) is 12.5. The van der Waals surface area contributed by atoms with Gasteiger partial charge in [0.25, 0.3) is 0 Å². The van der Waals surface area contributed by atoms with Gasteiger partial charge in [0.2, 0.25) is 0 Å². The molecule has 1 heterocycles. The molecule has 0 aliphatic carbocycles. The zero-order valence-electron chi connectivity index (χ0n) is 13.5. The van der Waals surface area contributed by atoms with Crippen molar-refractivity contribution in [3.63, 3.8) is 0 Å². The van der Waals surface area contributed by atoms with Crippen LogP contribution >= 0.6 is 0 Å². The van der Waals surface area contributed by atoms with Crippen LogP contribution in [-0.4, -0.2) is 36.2 Å². The molecule has 0 fully saturated rings. The van der Waals surface area contributed by atoms with Gasteiger partial charge in [-0.25, -0.2) is 0 Å². The predicted molar refractivity (Wildman–Crippen MR) is 91.9 cm³/mol. The smallest absolute Gasteiger partial charge is 0.139 e. The molecular formula is C19H20N2O2. The molecule has 0 aliphatic heterocycles. The summed E-state index contributed by atoms with van der Waals surface area (Å²) in [6.07, 6.45) is 1.53. The lowest BCUT2D eigenvalue weighted by Crippen LogP contribution is -2.21. The van der Waals surface area contributed by atoms with Gasteiger partial charge in [-0.3, -0.25) is 9.88 Å². The first-order valence-corrected chi connectivity index (χ1v) is 7.49. The molecule has 4 nitrogen and oxygen atoms in total. The van der Waals surface area contributed by atoms with Crippen LogP contribution in [0.25, 0.3) is 10.9 Å². The summed E-state index contributed by atoms with van der Waals surface area (Å²) in [5.41, 5.74) is 2.83. The highest BCUT2D eigenvalue weighted by Gasteiger charge is 2.23. The van der Waals surface area contributed by atoms with E-state index >= 15 is 0 Å². The van der Waals surface area contributed by atoms with Gasteiger partial charge < -0.3 is 9.84 Å². The lowest BCUT2D eigenvalue weighted by atomic mass is 9.94. The predicted octanol–water partition coefficient (Wildman–Crippen LogP) is 3.60. The van der Waals surface area contributed by atoms with Crippen LogP contribution in [0.2, 0.25) is 0 Å². The summed E-state index contributed by atoms with van der Waals surface area (Å²) >= 11 is 0. The van der Waals surface area contributed by atoms with Crippen molar-refractivity contribution in [1.82, 2.24) is 9.88 Å². The van der Waals surface area contributed by atoms with E-state index in [2.05, 4.69) is 9.88 Å². The maximum atomic E-state index is 10.5. The average molecular weight is 308 g/mol. The molecule has 0 aliphatic rings. The summed E-state index contributed by atoms with van der Waals surface area (Å²) in [5.74, 6) is 1.02. The molecule has 118 valence electrons. The van der Waals surface area contributed by atoms with Crippen LogP contribution in [-0.2, 0) is 0 Å². The second-order valence-corrected chi connectivity index (χ2v) is 5.71. The fourth-order valence-electron chi connectivity index (χ4n) is 2.95. The third-order valence-corrected chi connectivity index (χ3v) is 4.02. The molecule has 23 heavy (non-hydrogen) atoms. The Bertz CT molecular complexity index is 813. The van der Waals surface area contributed by atoms with Gasteiger partial charge in [0.1, 0.15) is 11.5 Å². The van der Waals surface area contributed by atoms with Crippen molar-refractivity contribution < 1.29 is 9.84 Å². The van der Waals surface area contributed by atoms with Crippen molar-refractivity contribution in [3.8, 4) is 11.5 Å².